The summed E-state index contributed by atoms with van der Waals surface area (Å²) in [7, 11) is 0. The largest absolute Gasteiger partial charge is 0.308 e. The van der Waals surface area contributed by atoms with Crippen molar-refractivity contribution in [1.82, 2.24) is 4.57 Å². The molecule has 0 spiro atoms. The molecule has 0 fully saturated rings. The molecule has 2 aliphatic carbocycles. The number of benzene rings is 9. The molecule has 2 aromatic heterocycles. The molecule has 65 heavy (non-hydrogen) atoms. The highest BCUT2D eigenvalue weighted by Crippen LogP contribution is 2.50. The maximum atomic E-state index is 2.50. The average Bonchev–Trinajstić information content (AvgIpc) is 3.94. The van der Waals surface area contributed by atoms with Crippen LogP contribution in [-0.4, -0.2) is 4.57 Å². The van der Waals surface area contributed by atoms with Crippen molar-refractivity contribution in [2.75, 3.05) is 4.90 Å². The molecule has 0 saturated carbocycles. The van der Waals surface area contributed by atoms with E-state index in [1.54, 1.807) is 0 Å². The van der Waals surface area contributed by atoms with Crippen LogP contribution in [0.15, 0.2) is 248 Å². The van der Waals surface area contributed by atoms with Crippen molar-refractivity contribution in [3.05, 3.63) is 259 Å². The lowest BCUT2D eigenvalue weighted by molar-refractivity contribution is 0.687. The highest BCUT2D eigenvalue weighted by atomic mass is 32.1. The van der Waals surface area contributed by atoms with Crippen LogP contribution in [0.25, 0.3) is 75.1 Å². The van der Waals surface area contributed by atoms with E-state index in [9.17, 15) is 0 Å². The first kappa shape index (κ1) is 37.6. The summed E-state index contributed by atoms with van der Waals surface area (Å²) in [5.41, 5.74) is 14.5. The molecule has 2 heterocycles. The van der Waals surface area contributed by atoms with Gasteiger partial charge in [0, 0.05) is 59.8 Å². The van der Waals surface area contributed by atoms with Crippen LogP contribution in [0.3, 0.4) is 0 Å². The number of nitrogens with zero attached hydrogens (tertiary/aromatic N) is 2. The predicted molar refractivity (Wildman–Crippen MR) is 278 cm³/mol. The molecule has 2 nitrogen and oxygen atoms in total. The van der Waals surface area contributed by atoms with Crippen LogP contribution in [-0.2, 0) is 0 Å². The van der Waals surface area contributed by atoms with E-state index >= 15 is 0 Å². The van der Waals surface area contributed by atoms with E-state index in [0.717, 1.165) is 22.7 Å². The Hall–Kier alpha value is -7.98. The van der Waals surface area contributed by atoms with Gasteiger partial charge in [-0.1, -0.05) is 182 Å². The predicted octanol–water partition coefficient (Wildman–Crippen LogP) is 17.3. The van der Waals surface area contributed by atoms with E-state index in [-0.39, 0.29) is 11.8 Å². The first-order valence-electron chi connectivity index (χ1n) is 22.5. The lowest BCUT2D eigenvalue weighted by Gasteiger charge is -2.33. The third-order valence-electron chi connectivity index (χ3n) is 13.6. The number of fused-ring (bicyclic) bond motifs is 9. The molecule has 0 amide bonds. The van der Waals surface area contributed by atoms with Crippen molar-refractivity contribution in [3.63, 3.8) is 0 Å². The number of hydrogen-bond acceptors (Lipinski definition) is 2. The minimum atomic E-state index is 0.226. The molecule has 306 valence electrons. The average molecular weight is 847 g/mol. The van der Waals surface area contributed by atoms with Crippen LogP contribution in [0.5, 0.6) is 0 Å². The fourth-order valence-corrected chi connectivity index (χ4v) is 11.9. The number of para-hydroxylation sites is 2. The first-order chi connectivity index (χ1) is 32.3. The number of thiophene rings is 1. The number of hydrogen-bond donors (Lipinski definition) is 0. The number of allylic oxidation sites excluding steroid dienone is 8. The van der Waals surface area contributed by atoms with Gasteiger partial charge in [-0.15, -0.1) is 11.3 Å². The van der Waals surface area contributed by atoms with Gasteiger partial charge in [-0.25, -0.2) is 0 Å². The standard InChI is InChI=1S/C62H42N2S/c1-3-17-41(18-4-1)49-29-14-20-43-21-15-30-50(59(43)49)42-35-37-47(38-36-42)63(48-25-13-22-44(39-48)51-31-16-34-58-60(51)54-28-10-12-33-57(54)65-58)56-40-45-19-7-8-26-52(45)61-53-27-9-11-32-55(53)64(62(56)61)46-23-5-2-6-24-46/h1-40,49,59H. The molecule has 2 aliphatic rings. The Morgan fingerprint density at radius 3 is 2.08 bits per heavy atom. The molecule has 2 atom stereocenters. The Kier molecular flexibility index (Phi) is 8.89. The summed E-state index contributed by atoms with van der Waals surface area (Å²) in [6.45, 7) is 0. The Morgan fingerprint density at radius 2 is 1.22 bits per heavy atom. The monoisotopic (exact) mass is 846 g/mol. The SMILES string of the molecule is C1=CC2=CC=CC(c3ccccc3)C2C(c2ccc(N(c3cccc(-c4cccc5sc6ccccc6c45)c3)c3cc4ccccc4c4c5ccccc5n(-c5ccccc5)c34)cc2)=C1. The molecule has 9 aromatic carbocycles. The molecular weight excluding hydrogens is 805 g/mol. The lowest BCUT2D eigenvalue weighted by Crippen LogP contribution is -2.19. The van der Waals surface area contributed by atoms with Crippen LogP contribution in [0.4, 0.5) is 17.1 Å². The van der Waals surface area contributed by atoms with Gasteiger partial charge in [-0.05, 0) is 105 Å². The van der Waals surface area contributed by atoms with E-state index in [1.807, 2.05) is 11.3 Å². The molecule has 0 saturated heterocycles. The Morgan fingerprint density at radius 1 is 0.492 bits per heavy atom. The highest BCUT2D eigenvalue weighted by Gasteiger charge is 2.31. The zero-order chi connectivity index (χ0) is 42.8. The molecule has 0 radical (unpaired) electrons. The highest BCUT2D eigenvalue weighted by molar-refractivity contribution is 7.25. The van der Waals surface area contributed by atoms with Crippen LogP contribution in [0.1, 0.15) is 17.0 Å². The number of aromatic nitrogens is 1. The van der Waals surface area contributed by atoms with Crippen LogP contribution >= 0.6 is 11.3 Å². The summed E-state index contributed by atoms with van der Waals surface area (Å²) in [6, 6.07) is 76.1. The van der Waals surface area contributed by atoms with Crippen LogP contribution in [0.2, 0.25) is 0 Å². The lowest BCUT2D eigenvalue weighted by atomic mass is 9.70. The molecule has 0 aliphatic heterocycles. The van der Waals surface area contributed by atoms with E-state index in [1.165, 1.54) is 86.2 Å². The van der Waals surface area contributed by atoms with Crippen molar-refractivity contribution in [2.45, 2.75) is 5.92 Å². The topological polar surface area (TPSA) is 8.17 Å². The van der Waals surface area contributed by atoms with Gasteiger partial charge in [0.05, 0.1) is 16.7 Å². The molecule has 0 bridgehead atoms. The second kappa shape index (κ2) is 15.4. The van der Waals surface area contributed by atoms with Crippen LogP contribution in [0, 0.1) is 5.92 Å². The fourth-order valence-electron chi connectivity index (χ4n) is 10.8. The summed E-state index contributed by atoms with van der Waals surface area (Å²) in [6.07, 6.45) is 13.7. The van der Waals surface area contributed by atoms with E-state index in [4.69, 9.17) is 0 Å². The maximum absolute atomic E-state index is 2.50. The zero-order valence-electron chi connectivity index (χ0n) is 35.6. The van der Waals surface area contributed by atoms with Crippen LogP contribution < -0.4 is 4.90 Å². The van der Waals surface area contributed by atoms with E-state index < -0.39 is 0 Å². The Bertz CT molecular complexity index is 3770. The van der Waals surface area contributed by atoms with Gasteiger partial charge >= 0.3 is 0 Å². The Labute approximate surface area is 382 Å². The summed E-state index contributed by atoms with van der Waals surface area (Å²) >= 11 is 1.87. The Balaban J connectivity index is 1.05. The molecular formula is C62H42N2S. The molecule has 11 aromatic rings. The van der Waals surface area contributed by atoms with E-state index in [0.29, 0.717) is 0 Å². The van der Waals surface area contributed by atoms with Gasteiger partial charge in [0.2, 0.25) is 0 Å². The smallest absolute Gasteiger partial charge is 0.0788 e. The number of anilines is 3. The van der Waals surface area contributed by atoms with Gasteiger partial charge in [0.15, 0.2) is 0 Å². The van der Waals surface area contributed by atoms with E-state index in [2.05, 4.69) is 252 Å². The quantitative estimate of drug-likeness (QED) is 0.155. The zero-order valence-corrected chi connectivity index (χ0v) is 36.4. The normalized spacial score (nSPS) is 15.8. The van der Waals surface area contributed by atoms with Crippen molar-refractivity contribution >= 4 is 86.7 Å². The third-order valence-corrected chi connectivity index (χ3v) is 14.7. The minimum Gasteiger partial charge on any atom is -0.308 e. The van der Waals surface area contributed by atoms with Gasteiger partial charge in [-0.3, -0.25) is 0 Å². The van der Waals surface area contributed by atoms with Crippen molar-refractivity contribution in [1.29, 1.82) is 0 Å². The molecule has 13 rings (SSSR count). The molecule has 0 N–H and O–H groups in total. The van der Waals surface area contributed by atoms with Gasteiger partial charge < -0.3 is 9.47 Å². The van der Waals surface area contributed by atoms with Gasteiger partial charge in [0.1, 0.15) is 0 Å². The second-order valence-electron chi connectivity index (χ2n) is 17.2. The summed E-state index contributed by atoms with van der Waals surface area (Å²) in [4.78, 5) is 2.50. The second-order valence-corrected chi connectivity index (χ2v) is 18.3. The summed E-state index contributed by atoms with van der Waals surface area (Å²) < 4.78 is 5.09. The number of rotatable bonds is 7. The van der Waals surface area contributed by atoms with Crippen molar-refractivity contribution in [2.24, 2.45) is 5.92 Å². The maximum Gasteiger partial charge on any atom is 0.0788 e. The molecule has 3 heteroatoms. The summed E-state index contributed by atoms with van der Waals surface area (Å²) in [5, 5.41) is 7.55. The first-order valence-corrected chi connectivity index (χ1v) is 23.3. The minimum absolute atomic E-state index is 0.226. The molecule has 2 unspecified atom stereocenters. The van der Waals surface area contributed by atoms with Gasteiger partial charge in [-0.2, -0.15) is 0 Å². The van der Waals surface area contributed by atoms with Gasteiger partial charge in [0.25, 0.3) is 0 Å². The van der Waals surface area contributed by atoms with Crippen molar-refractivity contribution in [3.8, 4) is 16.8 Å². The fraction of sp³-hybridized carbons (Fsp3) is 0.0323. The summed E-state index contributed by atoms with van der Waals surface area (Å²) in [5.74, 6) is 0.477. The van der Waals surface area contributed by atoms with Crippen molar-refractivity contribution < 1.29 is 0 Å². The third kappa shape index (κ3) is 6.15.